The predicted molar refractivity (Wildman–Crippen MR) is 127 cm³/mol. The molecule has 0 radical (unpaired) electrons. The Morgan fingerprint density at radius 3 is 2.18 bits per heavy atom. The van der Waals surface area contributed by atoms with Gasteiger partial charge in [0.2, 0.25) is 11.8 Å². The van der Waals surface area contributed by atoms with E-state index in [0.717, 1.165) is 55.5 Å². The Morgan fingerprint density at radius 2 is 1.45 bits per heavy atom. The number of amides is 2. The monoisotopic (exact) mass is 448 g/mol. The predicted octanol–water partition coefficient (Wildman–Crippen LogP) is 3.98. The normalized spacial score (nSPS) is 21.9. The van der Waals surface area contributed by atoms with Crippen LogP contribution in [0.1, 0.15) is 42.4 Å². The fraction of sp³-hybridized carbons (Fsp3) is 0.481. The highest BCUT2D eigenvalue weighted by atomic mass is 16.5. The maximum Gasteiger partial charge on any atom is 0.230 e. The van der Waals surface area contributed by atoms with E-state index in [-0.39, 0.29) is 23.7 Å². The van der Waals surface area contributed by atoms with E-state index in [9.17, 15) is 9.59 Å². The van der Waals surface area contributed by atoms with Crippen molar-refractivity contribution in [1.82, 2.24) is 4.90 Å². The van der Waals surface area contributed by atoms with Gasteiger partial charge in [-0.15, -0.1) is 0 Å². The van der Waals surface area contributed by atoms with E-state index in [1.54, 1.807) is 14.2 Å². The first-order valence-corrected chi connectivity index (χ1v) is 12.0. The quantitative estimate of drug-likeness (QED) is 0.710. The molecular formula is C27H32N2O4. The molecule has 5 rings (SSSR count). The number of ether oxygens (including phenoxy) is 2. The summed E-state index contributed by atoms with van der Waals surface area (Å²) in [5, 5.41) is 0. The van der Waals surface area contributed by atoms with E-state index in [2.05, 4.69) is 6.07 Å². The molecule has 0 N–H and O–H groups in total. The second-order valence-electron chi connectivity index (χ2n) is 9.35. The first-order chi connectivity index (χ1) is 16.1. The van der Waals surface area contributed by atoms with Crippen LogP contribution in [0.15, 0.2) is 36.4 Å². The van der Waals surface area contributed by atoms with Gasteiger partial charge in [-0.1, -0.05) is 31.0 Å². The molecule has 3 aliphatic rings. The lowest BCUT2D eigenvalue weighted by Gasteiger charge is -2.37. The summed E-state index contributed by atoms with van der Waals surface area (Å²) in [5.41, 5.74) is 4.54. The van der Waals surface area contributed by atoms with Crippen molar-refractivity contribution in [2.75, 3.05) is 32.2 Å². The molecule has 0 spiro atoms. The van der Waals surface area contributed by atoms with E-state index < -0.39 is 0 Å². The summed E-state index contributed by atoms with van der Waals surface area (Å²) in [6.45, 7) is 1.94. The van der Waals surface area contributed by atoms with Crippen molar-refractivity contribution in [3.05, 3.63) is 53.1 Å². The molecule has 1 saturated carbocycles. The topological polar surface area (TPSA) is 59.1 Å². The number of anilines is 1. The molecule has 2 aliphatic heterocycles. The van der Waals surface area contributed by atoms with Gasteiger partial charge in [-0.05, 0) is 60.6 Å². The standard InChI is InChI=1S/C27H32N2O4/c1-32-24-15-19-11-13-28(17-20(19)16-25(24)33-2)26(30)21-8-4-5-9-22(21)27(31)29-14-12-18-7-3-6-10-23(18)29/h3,6-7,10,15-16,21-22H,4-5,8-9,11-14,17H2,1-2H3. The Labute approximate surface area is 195 Å². The first kappa shape index (κ1) is 21.8. The highest BCUT2D eigenvalue weighted by Crippen LogP contribution is 2.38. The number of rotatable bonds is 4. The number of hydrogen-bond acceptors (Lipinski definition) is 4. The third-order valence-corrected chi connectivity index (χ3v) is 7.58. The van der Waals surface area contributed by atoms with Crippen molar-refractivity contribution in [2.24, 2.45) is 11.8 Å². The number of carbonyl (C=O) groups excluding carboxylic acids is 2. The van der Waals surface area contributed by atoms with Crippen LogP contribution in [0, 0.1) is 11.8 Å². The van der Waals surface area contributed by atoms with Gasteiger partial charge in [0, 0.05) is 31.2 Å². The van der Waals surface area contributed by atoms with Crippen molar-refractivity contribution >= 4 is 17.5 Å². The van der Waals surface area contributed by atoms with E-state index >= 15 is 0 Å². The molecule has 2 aromatic carbocycles. The first-order valence-electron chi connectivity index (χ1n) is 12.0. The summed E-state index contributed by atoms with van der Waals surface area (Å²) in [5.74, 6) is 1.19. The van der Waals surface area contributed by atoms with E-state index in [1.165, 1.54) is 11.1 Å². The highest BCUT2D eigenvalue weighted by Gasteiger charge is 2.41. The summed E-state index contributed by atoms with van der Waals surface area (Å²) in [7, 11) is 3.27. The molecule has 0 bridgehead atoms. The van der Waals surface area contributed by atoms with Gasteiger partial charge in [-0.3, -0.25) is 9.59 Å². The van der Waals surface area contributed by atoms with Crippen LogP contribution in [0.3, 0.4) is 0 Å². The third kappa shape index (κ3) is 3.96. The molecule has 2 amide bonds. The van der Waals surface area contributed by atoms with Crippen LogP contribution in [0.25, 0.3) is 0 Å². The van der Waals surface area contributed by atoms with Gasteiger partial charge in [0.05, 0.1) is 20.1 Å². The molecule has 2 unspecified atom stereocenters. The van der Waals surface area contributed by atoms with E-state index in [1.807, 2.05) is 40.1 Å². The molecular weight excluding hydrogens is 416 g/mol. The van der Waals surface area contributed by atoms with Gasteiger partial charge in [0.1, 0.15) is 0 Å². The van der Waals surface area contributed by atoms with Crippen molar-refractivity contribution in [1.29, 1.82) is 0 Å². The fourth-order valence-corrected chi connectivity index (χ4v) is 5.80. The number of hydrogen-bond donors (Lipinski definition) is 0. The Bertz CT molecular complexity index is 1070. The Morgan fingerprint density at radius 1 is 0.818 bits per heavy atom. The number of carbonyl (C=O) groups is 2. The van der Waals surface area contributed by atoms with Crippen LogP contribution >= 0.6 is 0 Å². The summed E-state index contributed by atoms with van der Waals surface area (Å²) in [6, 6.07) is 12.1. The van der Waals surface area contributed by atoms with Crippen LogP contribution < -0.4 is 14.4 Å². The van der Waals surface area contributed by atoms with Gasteiger partial charge < -0.3 is 19.3 Å². The van der Waals surface area contributed by atoms with Gasteiger partial charge in [-0.25, -0.2) is 0 Å². The Kier molecular flexibility index (Phi) is 6.00. The number of methoxy groups -OCH3 is 2. The highest BCUT2D eigenvalue weighted by molar-refractivity contribution is 5.99. The second-order valence-corrected chi connectivity index (χ2v) is 9.35. The van der Waals surface area contributed by atoms with Crippen molar-refractivity contribution in [3.63, 3.8) is 0 Å². The molecule has 174 valence electrons. The van der Waals surface area contributed by atoms with Crippen molar-refractivity contribution in [3.8, 4) is 11.5 Å². The largest absolute Gasteiger partial charge is 0.493 e. The number of nitrogens with zero attached hydrogens (tertiary/aromatic N) is 2. The van der Waals surface area contributed by atoms with Gasteiger partial charge >= 0.3 is 0 Å². The lowest BCUT2D eigenvalue weighted by molar-refractivity contribution is -0.143. The molecule has 0 saturated heterocycles. The summed E-state index contributed by atoms with van der Waals surface area (Å²) >= 11 is 0. The molecule has 2 atom stereocenters. The minimum Gasteiger partial charge on any atom is -0.493 e. The van der Waals surface area contributed by atoms with Crippen molar-refractivity contribution < 1.29 is 19.1 Å². The minimum atomic E-state index is -0.235. The smallest absolute Gasteiger partial charge is 0.230 e. The average Bonchev–Trinajstić information content (AvgIpc) is 3.30. The van der Waals surface area contributed by atoms with Crippen LogP contribution in [0.2, 0.25) is 0 Å². The summed E-state index contributed by atoms with van der Waals surface area (Å²) < 4.78 is 10.9. The zero-order valence-electron chi connectivity index (χ0n) is 19.5. The Hall–Kier alpha value is -3.02. The second kappa shape index (κ2) is 9.08. The van der Waals surface area contributed by atoms with E-state index in [0.29, 0.717) is 25.4 Å². The molecule has 1 aliphatic carbocycles. The lowest BCUT2D eigenvalue weighted by Crippen LogP contribution is -2.47. The van der Waals surface area contributed by atoms with Crippen LogP contribution in [-0.2, 0) is 29.0 Å². The molecule has 0 aromatic heterocycles. The average molecular weight is 449 g/mol. The molecule has 1 fully saturated rings. The molecule has 6 nitrogen and oxygen atoms in total. The zero-order valence-corrected chi connectivity index (χ0v) is 19.5. The van der Waals surface area contributed by atoms with Gasteiger partial charge in [-0.2, -0.15) is 0 Å². The number of para-hydroxylation sites is 1. The zero-order chi connectivity index (χ0) is 22.9. The summed E-state index contributed by atoms with van der Waals surface area (Å²) in [6.07, 6.45) is 5.28. The lowest BCUT2D eigenvalue weighted by atomic mass is 9.77. The molecule has 2 aromatic rings. The molecule has 33 heavy (non-hydrogen) atoms. The fourth-order valence-electron chi connectivity index (χ4n) is 5.80. The van der Waals surface area contributed by atoms with Crippen LogP contribution in [0.5, 0.6) is 11.5 Å². The molecule has 2 heterocycles. The minimum absolute atomic E-state index is 0.126. The Balaban J connectivity index is 1.35. The maximum atomic E-state index is 13.7. The number of fused-ring (bicyclic) bond motifs is 2. The van der Waals surface area contributed by atoms with Crippen LogP contribution in [0.4, 0.5) is 5.69 Å². The van der Waals surface area contributed by atoms with Crippen molar-refractivity contribution in [2.45, 2.75) is 45.1 Å². The number of benzene rings is 2. The SMILES string of the molecule is COc1cc2c(cc1OC)CN(C(=O)C1CCCCC1C(=O)N1CCc3ccccc31)CC2. The molecule has 6 heteroatoms. The summed E-state index contributed by atoms with van der Waals surface area (Å²) in [4.78, 5) is 31.2. The van der Waals surface area contributed by atoms with Gasteiger partial charge in [0.25, 0.3) is 0 Å². The third-order valence-electron chi connectivity index (χ3n) is 7.58. The van der Waals surface area contributed by atoms with E-state index in [4.69, 9.17) is 9.47 Å². The maximum absolute atomic E-state index is 13.7. The van der Waals surface area contributed by atoms with Crippen LogP contribution in [-0.4, -0.2) is 44.0 Å². The van der Waals surface area contributed by atoms with Gasteiger partial charge in [0.15, 0.2) is 11.5 Å².